The fraction of sp³-hybridized carbons (Fsp3) is 0.105. The molecule has 4 aromatic rings. The highest BCUT2D eigenvalue weighted by molar-refractivity contribution is 5.76. The van der Waals surface area contributed by atoms with Crippen LogP contribution in [0.15, 0.2) is 61.1 Å². The number of fused-ring (bicyclic) bond motifs is 1. The summed E-state index contributed by atoms with van der Waals surface area (Å²) in [4.78, 5) is 8.63. The molecule has 4 rings (SSSR count). The quantitative estimate of drug-likeness (QED) is 0.410. The van der Waals surface area contributed by atoms with Crippen molar-refractivity contribution in [2.75, 3.05) is 0 Å². The highest BCUT2D eigenvalue weighted by Gasteiger charge is 2.37. The van der Waals surface area contributed by atoms with Gasteiger partial charge in [-0.25, -0.2) is 9.67 Å². The fourth-order valence-corrected chi connectivity index (χ4v) is 2.76. The van der Waals surface area contributed by atoms with Gasteiger partial charge in [0.15, 0.2) is 0 Å². The number of aromatic nitrogens is 4. The van der Waals surface area contributed by atoms with Gasteiger partial charge in [0.25, 0.3) is 0 Å². The third-order valence-electron chi connectivity index (χ3n) is 4.16. The molecule has 0 amide bonds. The molecule has 29 heavy (non-hydrogen) atoms. The van der Waals surface area contributed by atoms with Gasteiger partial charge in [-0.15, -0.1) is 0 Å². The highest BCUT2D eigenvalue weighted by atomic mass is 19.4. The second-order valence-corrected chi connectivity index (χ2v) is 6.18. The van der Waals surface area contributed by atoms with Crippen molar-refractivity contribution in [3.8, 4) is 16.9 Å². The normalized spacial score (nSPS) is 12.5. The molecule has 10 heteroatoms. The lowest BCUT2D eigenvalue weighted by Crippen LogP contribution is -2.12. The van der Waals surface area contributed by atoms with Crippen LogP contribution in [0.4, 0.5) is 26.3 Å². The molecule has 0 N–H and O–H groups in total. The molecule has 0 aliphatic heterocycles. The van der Waals surface area contributed by atoms with Gasteiger partial charge in [-0.1, -0.05) is 12.1 Å². The van der Waals surface area contributed by atoms with Gasteiger partial charge in [0.1, 0.15) is 0 Å². The van der Waals surface area contributed by atoms with Gasteiger partial charge in [-0.2, -0.15) is 31.4 Å². The van der Waals surface area contributed by atoms with Gasteiger partial charge in [0.05, 0.1) is 45.9 Å². The van der Waals surface area contributed by atoms with Crippen LogP contribution in [-0.2, 0) is 12.4 Å². The topological polar surface area (TPSA) is 43.6 Å². The summed E-state index contributed by atoms with van der Waals surface area (Å²) in [6.45, 7) is 0. The molecule has 0 bridgehead atoms. The Hall–Kier alpha value is -3.43. The van der Waals surface area contributed by atoms with Crippen molar-refractivity contribution in [1.29, 1.82) is 0 Å². The Labute approximate surface area is 159 Å². The summed E-state index contributed by atoms with van der Waals surface area (Å²) in [5, 5.41) is 3.90. The molecule has 0 radical (unpaired) electrons. The Kier molecular flexibility index (Phi) is 4.29. The summed E-state index contributed by atoms with van der Waals surface area (Å²) in [5.74, 6) is 0. The Morgan fingerprint density at radius 2 is 1.38 bits per heavy atom. The second-order valence-electron chi connectivity index (χ2n) is 6.18. The maximum absolute atomic E-state index is 13.1. The third kappa shape index (κ3) is 3.78. The number of hydrogen-bond donors (Lipinski definition) is 0. The van der Waals surface area contributed by atoms with E-state index in [1.807, 2.05) is 0 Å². The molecular weight excluding hydrogens is 398 g/mol. The maximum Gasteiger partial charge on any atom is 0.416 e. The number of hydrogen-bond acceptors (Lipinski definition) is 3. The summed E-state index contributed by atoms with van der Waals surface area (Å²) in [5.41, 5.74) is -1.17. The molecule has 2 aromatic carbocycles. The van der Waals surface area contributed by atoms with Crippen molar-refractivity contribution in [1.82, 2.24) is 19.7 Å². The first kappa shape index (κ1) is 18.9. The Balaban J connectivity index is 1.79. The molecule has 2 heterocycles. The minimum atomic E-state index is -4.93. The SMILES string of the molecule is FC(F)(F)c1cc(-n2cc(-c3cnc4ccccc4n3)cn2)cc(C(F)(F)F)c1. The fourth-order valence-electron chi connectivity index (χ4n) is 2.76. The van der Waals surface area contributed by atoms with Crippen LogP contribution >= 0.6 is 0 Å². The molecular formula is C19H10F6N4. The number of rotatable bonds is 2. The summed E-state index contributed by atoms with van der Waals surface area (Å²) in [6.07, 6.45) is -5.82. The Morgan fingerprint density at radius 3 is 2.00 bits per heavy atom. The molecule has 0 aliphatic rings. The molecule has 0 atom stereocenters. The monoisotopic (exact) mass is 408 g/mol. The zero-order valence-corrected chi connectivity index (χ0v) is 14.3. The molecule has 4 nitrogen and oxygen atoms in total. The van der Waals surface area contributed by atoms with Crippen molar-refractivity contribution in [3.05, 3.63) is 72.2 Å². The van der Waals surface area contributed by atoms with E-state index in [0.29, 0.717) is 34.4 Å². The average molecular weight is 408 g/mol. The number of benzene rings is 2. The average Bonchev–Trinajstić information content (AvgIpc) is 3.16. The summed E-state index contributed by atoms with van der Waals surface area (Å²) < 4.78 is 79.3. The van der Waals surface area contributed by atoms with Crippen LogP contribution in [0, 0.1) is 0 Å². The van der Waals surface area contributed by atoms with Crippen LogP contribution in [0.5, 0.6) is 0 Å². The zero-order valence-electron chi connectivity index (χ0n) is 14.3. The van der Waals surface area contributed by atoms with Gasteiger partial charge >= 0.3 is 12.4 Å². The van der Waals surface area contributed by atoms with Gasteiger partial charge in [-0.3, -0.25) is 4.98 Å². The van der Waals surface area contributed by atoms with Crippen molar-refractivity contribution >= 4 is 11.0 Å². The first-order valence-corrected chi connectivity index (χ1v) is 8.18. The minimum absolute atomic E-state index is 0.0721. The Bertz CT molecular complexity index is 1160. The lowest BCUT2D eigenvalue weighted by Gasteiger charge is -2.14. The first-order chi connectivity index (χ1) is 13.6. The third-order valence-corrected chi connectivity index (χ3v) is 4.16. The predicted molar refractivity (Wildman–Crippen MR) is 92.1 cm³/mol. The molecule has 0 aliphatic carbocycles. The van der Waals surface area contributed by atoms with Crippen molar-refractivity contribution in [2.45, 2.75) is 12.4 Å². The van der Waals surface area contributed by atoms with E-state index >= 15 is 0 Å². The van der Waals surface area contributed by atoms with Crippen LogP contribution in [0.2, 0.25) is 0 Å². The molecule has 2 aromatic heterocycles. The maximum atomic E-state index is 13.1. The zero-order chi connectivity index (χ0) is 20.8. The van der Waals surface area contributed by atoms with Gasteiger partial charge in [0.2, 0.25) is 0 Å². The molecule has 0 saturated heterocycles. The van der Waals surface area contributed by atoms with Crippen LogP contribution in [-0.4, -0.2) is 19.7 Å². The van der Waals surface area contributed by atoms with E-state index in [1.54, 1.807) is 24.3 Å². The smallest absolute Gasteiger partial charge is 0.252 e. The number of nitrogens with zero attached hydrogens (tertiary/aromatic N) is 4. The van der Waals surface area contributed by atoms with E-state index in [4.69, 9.17) is 0 Å². The molecule has 0 fully saturated rings. The van der Waals surface area contributed by atoms with Crippen LogP contribution in [0.3, 0.4) is 0 Å². The summed E-state index contributed by atoms with van der Waals surface area (Å²) >= 11 is 0. The summed E-state index contributed by atoms with van der Waals surface area (Å²) in [7, 11) is 0. The number of halogens is 6. The van der Waals surface area contributed by atoms with Gasteiger partial charge in [0, 0.05) is 11.8 Å². The van der Waals surface area contributed by atoms with E-state index in [-0.39, 0.29) is 11.8 Å². The minimum Gasteiger partial charge on any atom is -0.252 e. The molecule has 148 valence electrons. The van der Waals surface area contributed by atoms with Crippen molar-refractivity contribution in [2.24, 2.45) is 0 Å². The van der Waals surface area contributed by atoms with Crippen molar-refractivity contribution in [3.63, 3.8) is 0 Å². The second kappa shape index (κ2) is 6.57. The molecule has 0 unspecified atom stereocenters. The number of para-hydroxylation sites is 2. The van der Waals surface area contributed by atoms with Crippen molar-refractivity contribution < 1.29 is 26.3 Å². The standard InChI is InChI=1S/C19H10F6N4/c20-18(21,22)12-5-13(19(23,24)25)7-14(6-12)29-10-11(8-27-29)17-9-26-15-3-1-2-4-16(15)28-17/h1-10H. The van der Waals surface area contributed by atoms with Crippen LogP contribution in [0.25, 0.3) is 28.0 Å². The largest absolute Gasteiger partial charge is 0.416 e. The van der Waals surface area contributed by atoms with Gasteiger partial charge < -0.3 is 0 Å². The van der Waals surface area contributed by atoms with Crippen LogP contribution in [0.1, 0.15) is 11.1 Å². The van der Waals surface area contributed by atoms with E-state index in [0.717, 1.165) is 4.68 Å². The Morgan fingerprint density at radius 1 is 0.759 bits per heavy atom. The lowest BCUT2D eigenvalue weighted by molar-refractivity contribution is -0.143. The van der Waals surface area contributed by atoms with E-state index in [9.17, 15) is 26.3 Å². The lowest BCUT2D eigenvalue weighted by atomic mass is 10.1. The molecule has 0 saturated carbocycles. The molecule has 0 spiro atoms. The number of alkyl halides is 6. The van der Waals surface area contributed by atoms with E-state index < -0.39 is 23.5 Å². The first-order valence-electron chi connectivity index (χ1n) is 8.18. The van der Waals surface area contributed by atoms with E-state index in [1.165, 1.54) is 18.6 Å². The van der Waals surface area contributed by atoms with Crippen LogP contribution < -0.4 is 0 Å². The van der Waals surface area contributed by atoms with Gasteiger partial charge in [-0.05, 0) is 30.3 Å². The predicted octanol–water partition coefficient (Wildman–Crippen LogP) is 5.52. The highest BCUT2D eigenvalue weighted by Crippen LogP contribution is 2.37. The summed E-state index contributed by atoms with van der Waals surface area (Å²) in [6, 6.07) is 8.35. The van der Waals surface area contributed by atoms with E-state index in [2.05, 4.69) is 15.1 Å².